The summed E-state index contributed by atoms with van der Waals surface area (Å²) in [6.07, 6.45) is 3.81. The number of carbonyl (C=O) groups excluding carboxylic acids is 1. The molecule has 1 heterocycles. The maximum absolute atomic E-state index is 11.9. The number of aryl methyl sites for hydroxylation is 1. The molecule has 0 radical (unpaired) electrons. The van der Waals surface area contributed by atoms with E-state index in [1.54, 1.807) is 6.20 Å². The van der Waals surface area contributed by atoms with Crippen LogP contribution in [0.4, 0.5) is 0 Å². The summed E-state index contributed by atoms with van der Waals surface area (Å²) in [6, 6.07) is 7.80. The normalized spacial score (nSPS) is 23.7. The van der Waals surface area contributed by atoms with E-state index in [4.69, 9.17) is 4.74 Å². The van der Waals surface area contributed by atoms with Crippen molar-refractivity contribution in [3.63, 3.8) is 0 Å². The number of H-pyrrole nitrogens is 1. The quantitative estimate of drug-likeness (QED) is 0.783. The Morgan fingerprint density at radius 2 is 2.17 bits per heavy atom. The monoisotopic (exact) mass is 315 g/mol. The lowest BCUT2D eigenvalue weighted by atomic mass is 10.1. The fraction of sp³-hybridized carbons (Fsp3) is 0.412. The van der Waals surface area contributed by atoms with Crippen LogP contribution in [0.15, 0.2) is 36.7 Å². The van der Waals surface area contributed by atoms with E-state index in [1.807, 2.05) is 31.2 Å². The summed E-state index contributed by atoms with van der Waals surface area (Å²) < 4.78 is 5.87. The molecule has 122 valence electrons. The van der Waals surface area contributed by atoms with Crippen LogP contribution in [0, 0.1) is 12.8 Å². The molecule has 0 aliphatic heterocycles. The summed E-state index contributed by atoms with van der Waals surface area (Å²) in [4.78, 5) is 11.9. The van der Waals surface area contributed by atoms with Crippen molar-refractivity contribution in [1.29, 1.82) is 0 Å². The fourth-order valence-corrected chi connectivity index (χ4v) is 2.87. The highest BCUT2D eigenvalue weighted by Gasteiger charge is 2.36. The van der Waals surface area contributed by atoms with Crippen LogP contribution in [-0.2, 0) is 0 Å². The van der Waals surface area contributed by atoms with E-state index in [2.05, 4.69) is 15.5 Å². The molecule has 23 heavy (non-hydrogen) atoms. The number of nitrogens with zero attached hydrogens (tertiary/aromatic N) is 1. The zero-order valence-electron chi connectivity index (χ0n) is 13.0. The minimum Gasteiger partial charge on any atom is -0.488 e. The molecule has 1 aliphatic carbocycles. The van der Waals surface area contributed by atoms with Gasteiger partial charge >= 0.3 is 0 Å². The highest BCUT2D eigenvalue weighted by atomic mass is 16.5. The number of benzene rings is 1. The molecular weight excluding hydrogens is 294 g/mol. The molecule has 1 aromatic heterocycles. The molecule has 0 bridgehead atoms. The van der Waals surface area contributed by atoms with Crippen molar-refractivity contribution in [1.82, 2.24) is 15.5 Å². The van der Waals surface area contributed by atoms with Gasteiger partial charge in [-0.25, -0.2) is 0 Å². The van der Waals surface area contributed by atoms with Gasteiger partial charge in [0.25, 0.3) is 5.91 Å². The van der Waals surface area contributed by atoms with Crippen molar-refractivity contribution in [2.75, 3.05) is 6.54 Å². The molecule has 1 amide bonds. The standard InChI is InChI=1S/C17H21N3O3/c1-11-2-5-14(6-3-11)23-15-7-4-12(16(15)21)8-18-17(22)13-9-19-20-10-13/h2-3,5-6,9-10,12,15-16,21H,4,7-8H2,1H3,(H,18,22)(H,19,20)/t12-,15-,16-/m1/s1. The predicted octanol–water partition coefficient (Wildman–Crippen LogP) is 1.67. The summed E-state index contributed by atoms with van der Waals surface area (Å²) in [5.74, 6) is 0.581. The first-order chi connectivity index (χ1) is 11.1. The molecule has 1 fully saturated rings. The van der Waals surface area contributed by atoms with Gasteiger partial charge in [-0.1, -0.05) is 17.7 Å². The fourth-order valence-electron chi connectivity index (χ4n) is 2.87. The number of hydrogen-bond donors (Lipinski definition) is 3. The van der Waals surface area contributed by atoms with Crippen LogP contribution in [0.3, 0.4) is 0 Å². The number of carbonyl (C=O) groups is 1. The Kier molecular flexibility index (Phi) is 4.62. The molecule has 1 aromatic carbocycles. The number of aromatic amines is 1. The second-order valence-corrected chi connectivity index (χ2v) is 5.99. The number of amides is 1. The molecule has 3 atom stereocenters. The van der Waals surface area contributed by atoms with Crippen LogP contribution in [0.2, 0.25) is 0 Å². The molecule has 0 spiro atoms. The maximum atomic E-state index is 11.9. The van der Waals surface area contributed by atoms with Crippen LogP contribution in [0.1, 0.15) is 28.8 Å². The minimum absolute atomic E-state index is 0.00120. The third kappa shape index (κ3) is 3.71. The third-order valence-electron chi connectivity index (χ3n) is 4.28. The van der Waals surface area contributed by atoms with E-state index in [1.165, 1.54) is 11.8 Å². The SMILES string of the molecule is Cc1ccc(O[C@@H]2CC[C@H](CNC(=O)c3cn[nH]c3)[C@H]2O)cc1. The predicted molar refractivity (Wildman–Crippen MR) is 85.2 cm³/mol. The van der Waals surface area contributed by atoms with Gasteiger partial charge in [0.15, 0.2) is 0 Å². The first-order valence-electron chi connectivity index (χ1n) is 7.82. The molecule has 6 nitrogen and oxygen atoms in total. The molecular formula is C17H21N3O3. The average molecular weight is 315 g/mol. The number of aliphatic hydroxyl groups is 1. The van der Waals surface area contributed by atoms with E-state index in [0.29, 0.717) is 12.1 Å². The van der Waals surface area contributed by atoms with Crippen LogP contribution in [-0.4, -0.2) is 40.0 Å². The summed E-state index contributed by atoms with van der Waals surface area (Å²) in [6.45, 7) is 2.45. The Labute approximate surface area is 134 Å². The molecule has 0 unspecified atom stereocenters. The molecule has 1 aliphatic rings. The molecule has 2 aromatic rings. The Morgan fingerprint density at radius 1 is 1.39 bits per heavy atom. The van der Waals surface area contributed by atoms with Crippen LogP contribution < -0.4 is 10.1 Å². The first kappa shape index (κ1) is 15.6. The van der Waals surface area contributed by atoms with E-state index < -0.39 is 6.10 Å². The van der Waals surface area contributed by atoms with E-state index in [0.717, 1.165) is 18.6 Å². The summed E-state index contributed by atoms with van der Waals surface area (Å²) >= 11 is 0. The third-order valence-corrected chi connectivity index (χ3v) is 4.28. The minimum atomic E-state index is -0.582. The largest absolute Gasteiger partial charge is 0.488 e. The lowest BCUT2D eigenvalue weighted by molar-refractivity contribution is 0.0348. The zero-order valence-corrected chi connectivity index (χ0v) is 13.0. The van der Waals surface area contributed by atoms with Gasteiger partial charge in [0.1, 0.15) is 11.9 Å². The van der Waals surface area contributed by atoms with E-state index in [-0.39, 0.29) is 17.9 Å². The lowest BCUT2D eigenvalue weighted by Gasteiger charge is -2.21. The highest BCUT2D eigenvalue weighted by Crippen LogP contribution is 2.29. The average Bonchev–Trinajstić information content (AvgIpc) is 3.19. The zero-order chi connectivity index (χ0) is 16.2. The van der Waals surface area contributed by atoms with E-state index in [9.17, 15) is 9.90 Å². The van der Waals surface area contributed by atoms with Gasteiger partial charge in [0.05, 0.1) is 17.9 Å². The Hall–Kier alpha value is -2.34. The van der Waals surface area contributed by atoms with Gasteiger partial charge < -0.3 is 15.2 Å². The number of aliphatic hydroxyl groups excluding tert-OH is 1. The number of hydrogen-bond acceptors (Lipinski definition) is 4. The second kappa shape index (κ2) is 6.83. The maximum Gasteiger partial charge on any atom is 0.254 e. The van der Waals surface area contributed by atoms with Crippen molar-refractivity contribution in [3.8, 4) is 5.75 Å². The van der Waals surface area contributed by atoms with Crippen LogP contribution >= 0.6 is 0 Å². The number of aromatic nitrogens is 2. The van der Waals surface area contributed by atoms with Crippen molar-refractivity contribution >= 4 is 5.91 Å². The van der Waals surface area contributed by atoms with Gasteiger partial charge in [-0.15, -0.1) is 0 Å². The van der Waals surface area contributed by atoms with Gasteiger partial charge in [-0.3, -0.25) is 9.89 Å². The lowest BCUT2D eigenvalue weighted by Crippen LogP contribution is -2.37. The van der Waals surface area contributed by atoms with Gasteiger partial charge in [-0.05, 0) is 31.9 Å². The van der Waals surface area contributed by atoms with Gasteiger partial charge in [0.2, 0.25) is 0 Å². The Balaban J connectivity index is 1.51. The first-order valence-corrected chi connectivity index (χ1v) is 7.82. The number of nitrogens with one attached hydrogen (secondary N) is 2. The molecule has 1 saturated carbocycles. The molecule has 3 rings (SSSR count). The summed E-state index contributed by atoms with van der Waals surface area (Å²) in [7, 11) is 0. The Morgan fingerprint density at radius 3 is 2.87 bits per heavy atom. The molecule has 0 saturated heterocycles. The van der Waals surface area contributed by atoms with Crippen LogP contribution in [0.5, 0.6) is 5.75 Å². The highest BCUT2D eigenvalue weighted by molar-refractivity contribution is 5.93. The van der Waals surface area contributed by atoms with Crippen LogP contribution in [0.25, 0.3) is 0 Å². The van der Waals surface area contributed by atoms with Crippen molar-refractivity contribution < 1.29 is 14.6 Å². The smallest absolute Gasteiger partial charge is 0.254 e. The summed E-state index contributed by atoms with van der Waals surface area (Å²) in [5.41, 5.74) is 1.66. The van der Waals surface area contributed by atoms with Gasteiger partial charge in [0, 0.05) is 18.7 Å². The second-order valence-electron chi connectivity index (χ2n) is 5.99. The van der Waals surface area contributed by atoms with Crippen molar-refractivity contribution in [3.05, 3.63) is 47.8 Å². The molecule has 3 N–H and O–H groups in total. The summed E-state index contributed by atoms with van der Waals surface area (Å²) in [5, 5.41) is 19.6. The number of ether oxygens (including phenoxy) is 1. The topological polar surface area (TPSA) is 87.2 Å². The number of rotatable bonds is 5. The van der Waals surface area contributed by atoms with Crippen molar-refractivity contribution in [2.45, 2.75) is 32.0 Å². The van der Waals surface area contributed by atoms with Crippen molar-refractivity contribution in [2.24, 2.45) is 5.92 Å². The van der Waals surface area contributed by atoms with Gasteiger partial charge in [-0.2, -0.15) is 5.10 Å². The van der Waals surface area contributed by atoms with E-state index >= 15 is 0 Å². The molecule has 6 heteroatoms. The Bertz CT molecular complexity index is 640.